The first kappa shape index (κ1) is 12.8. The predicted molar refractivity (Wildman–Crippen MR) is 64.0 cm³/mol. The largest absolute Gasteiger partial charge is 0.394 e. The van der Waals surface area contributed by atoms with E-state index in [0.29, 0.717) is 11.0 Å². The van der Waals surface area contributed by atoms with E-state index in [2.05, 4.69) is 13.8 Å². The van der Waals surface area contributed by atoms with Gasteiger partial charge in [-0.25, -0.2) is 0 Å². The minimum Gasteiger partial charge on any atom is -0.394 e. The monoisotopic (exact) mass is 231 g/mol. The van der Waals surface area contributed by atoms with E-state index in [0.717, 1.165) is 25.8 Å². The van der Waals surface area contributed by atoms with Crippen molar-refractivity contribution in [2.24, 2.45) is 0 Å². The van der Waals surface area contributed by atoms with Gasteiger partial charge in [0, 0.05) is 6.54 Å². The molecule has 1 fully saturated rings. The van der Waals surface area contributed by atoms with Gasteiger partial charge >= 0.3 is 0 Å². The van der Waals surface area contributed by atoms with Crippen LogP contribution in [0, 0.1) is 0 Å². The minimum absolute atomic E-state index is 0.0685. The molecular weight excluding hydrogens is 210 g/mol. The van der Waals surface area contributed by atoms with E-state index in [1.165, 1.54) is 0 Å². The molecule has 15 heavy (non-hydrogen) atoms. The molecule has 0 bridgehead atoms. The average Bonchev–Trinajstić information content (AvgIpc) is 2.25. The van der Waals surface area contributed by atoms with Crippen molar-refractivity contribution in [3.05, 3.63) is 0 Å². The lowest BCUT2D eigenvalue weighted by atomic mass is 10.0. The fraction of sp³-hybridized carbons (Fsp3) is 0.909. The Morgan fingerprint density at radius 2 is 2.27 bits per heavy atom. The van der Waals surface area contributed by atoms with E-state index in [1.807, 2.05) is 4.90 Å². The van der Waals surface area contributed by atoms with Crippen LogP contribution in [0.25, 0.3) is 0 Å². The van der Waals surface area contributed by atoms with Crippen molar-refractivity contribution in [2.75, 3.05) is 18.9 Å². The highest BCUT2D eigenvalue weighted by molar-refractivity contribution is 8.00. The minimum atomic E-state index is 0.0685. The molecule has 0 aliphatic carbocycles. The number of thioether (sulfide) groups is 1. The van der Waals surface area contributed by atoms with E-state index >= 15 is 0 Å². The summed E-state index contributed by atoms with van der Waals surface area (Å²) in [5.74, 6) is 0.737. The van der Waals surface area contributed by atoms with E-state index in [1.54, 1.807) is 11.8 Å². The summed E-state index contributed by atoms with van der Waals surface area (Å²) in [5.41, 5.74) is 0. The molecule has 1 unspecified atom stereocenters. The van der Waals surface area contributed by atoms with Gasteiger partial charge in [-0.2, -0.15) is 0 Å². The van der Waals surface area contributed by atoms with Crippen molar-refractivity contribution in [3.63, 3.8) is 0 Å². The standard InChI is InChI=1S/C11H21NO2S/c1-9(2)15-8-11(14)12-6-4-3-5-10(12)7-13/h9-10,13H,3-8H2,1-2H3. The van der Waals surface area contributed by atoms with E-state index in [4.69, 9.17) is 0 Å². The average molecular weight is 231 g/mol. The molecule has 0 radical (unpaired) electrons. The van der Waals surface area contributed by atoms with Crippen LogP contribution in [-0.4, -0.2) is 46.1 Å². The predicted octanol–water partition coefficient (Wildman–Crippen LogP) is 1.50. The Morgan fingerprint density at radius 3 is 2.87 bits per heavy atom. The Kier molecular flexibility index (Phi) is 5.47. The fourth-order valence-electron chi connectivity index (χ4n) is 1.84. The quantitative estimate of drug-likeness (QED) is 0.797. The molecule has 0 aromatic heterocycles. The maximum atomic E-state index is 11.9. The Labute approximate surface area is 96.2 Å². The molecule has 1 aliphatic rings. The van der Waals surface area contributed by atoms with Crippen LogP contribution in [0.3, 0.4) is 0 Å². The molecule has 0 aromatic rings. The number of carbonyl (C=O) groups is 1. The van der Waals surface area contributed by atoms with Gasteiger partial charge in [-0.05, 0) is 24.5 Å². The molecule has 1 N–H and O–H groups in total. The number of rotatable bonds is 4. The smallest absolute Gasteiger partial charge is 0.232 e. The molecule has 1 heterocycles. The van der Waals surface area contributed by atoms with Gasteiger partial charge in [-0.15, -0.1) is 11.8 Å². The van der Waals surface area contributed by atoms with Gasteiger partial charge in [0.1, 0.15) is 0 Å². The number of hydrogen-bond acceptors (Lipinski definition) is 3. The normalized spacial score (nSPS) is 22.1. The second-order valence-corrected chi connectivity index (χ2v) is 5.84. The summed E-state index contributed by atoms with van der Waals surface area (Å²) < 4.78 is 0. The summed E-state index contributed by atoms with van der Waals surface area (Å²) in [6.45, 7) is 5.12. The molecule has 0 spiro atoms. The second kappa shape index (κ2) is 6.38. The van der Waals surface area contributed by atoms with Gasteiger partial charge in [-0.1, -0.05) is 13.8 Å². The summed E-state index contributed by atoms with van der Waals surface area (Å²) in [6, 6.07) is 0.0685. The van der Waals surface area contributed by atoms with Gasteiger partial charge in [0.25, 0.3) is 0 Å². The van der Waals surface area contributed by atoms with Crippen molar-refractivity contribution in [2.45, 2.75) is 44.4 Å². The highest BCUT2D eigenvalue weighted by Gasteiger charge is 2.25. The zero-order valence-electron chi connectivity index (χ0n) is 9.61. The molecule has 0 aromatic carbocycles. The number of piperidine rings is 1. The summed E-state index contributed by atoms with van der Waals surface area (Å²) in [4.78, 5) is 13.7. The molecule has 4 heteroatoms. The molecule has 1 aliphatic heterocycles. The lowest BCUT2D eigenvalue weighted by Gasteiger charge is -2.34. The SMILES string of the molecule is CC(C)SCC(=O)N1CCCCC1CO. The summed E-state index contributed by atoms with van der Waals surface area (Å²) in [6.07, 6.45) is 3.16. The third kappa shape index (κ3) is 4.03. The third-order valence-corrected chi connectivity index (χ3v) is 3.78. The Bertz CT molecular complexity index is 209. The highest BCUT2D eigenvalue weighted by atomic mass is 32.2. The topological polar surface area (TPSA) is 40.5 Å². The maximum Gasteiger partial charge on any atom is 0.232 e. The van der Waals surface area contributed by atoms with Gasteiger partial charge < -0.3 is 10.0 Å². The van der Waals surface area contributed by atoms with Gasteiger partial charge in [0.05, 0.1) is 18.4 Å². The van der Waals surface area contributed by atoms with Gasteiger partial charge in [-0.3, -0.25) is 4.79 Å². The number of amides is 1. The number of likely N-dealkylation sites (tertiary alicyclic amines) is 1. The van der Waals surface area contributed by atoms with Crippen LogP contribution in [0.5, 0.6) is 0 Å². The molecule has 88 valence electrons. The van der Waals surface area contributed by atoms with E-state index in [9.17, 15) is 9.90 Å². The Balaban J connectivity index is 2.41. The number of hydrogen-bond donors (Lipinski definition) is 1. The van der Waals surface area contributed by atoms with Crippen LogP contribution in [0.1, 0.15) is 33.1 Å². The zero-order chi connectivity index (χ0) is 11.3. The molecule has 0 saturated carbocycles. The first-order valence-corrected chi connectivity index (χ1v) is 6.72. The van der Waals surface area contributed by atoms with E-state index < -0.39 is 0 Å². The second-order valence-electron chi connectivity index (χ2n) is 4.28. The highest BCUT2D eigenvalue weighted by Crippen LogP contribution is 2.19. The Hall–Kier alpha value is -0.220. The first-order valence-electron chi connectivity index (χ1n) is 5.67. The molecule has 1 saturated heterocycles. The first-order chi connectivity index (χ1) is 7.15. The number of nitrogens with zero attached hydrogens (tertiary/aromatic N) is 1. The molecule has 1 rings (SSSR count). The van der Waals surface area contributed by atoms with Crippen LogP contribution in [0.2, 0.25) is 0 Å². The van der Waals surface area contributed by atoms with Gasteiger partial charge in [0.2, 0.25) is 5.91 Å². The summed E-state index contributed by atoms with van der Waals surface area (Å²) >= 11 is 1.67. The fourth-order valence-corrected chi connectivity index (χ4v) is 2.48. The van der Waals surface area contributed by atoms with Crippen LogP contribution >= 0.6 is 11.8 Å². The van der Waals surface area contributed by atoms with Crippen LogP contribution < -0.4 is 0 Å². The van der Waals surface area contributed by atoms with Crippen molar-refractivity contribution in [1.82, 2.24) is 4.90 Å². The molecule has 1 atom stereocenters. The van der Waals surface area contributed by atoms with E-state index in [-0.39, 0.29) is 18.6 Å². The lowest BCUT2D eigenvalue weighted by molar-refractivity contribution is -0.133. The summed E-state index contributed by atoms with van der Waals surface area (Å²) in [7, 11) is 0. The van der Waals surface area contributed by atoms with Crippen LogP contribution in [0.4, 0.5) is 0 Å². The van der Waals surface area contributed by atoms with Crippen LogP contribution in [-0.2, 0) is 4.79 Å². The Morgan fingerprint density at radius 1 is 1.53 bits per heavy atom. The van der Waals surface area contributed by atoms with Crippen LogP contribution in [0.15, 0.2) is 0 Å². The van der Waals surface area contributed by atoms with Crippen molar-refractivity contribution >= 4 is 17.7 Å². The number of aliphatic hydroxyl groups is 1. The third-order valence-electron chi connectivity index (χ3n) is 2.70. The van der Waals surface area contributed by atoms with Gasteiger partial charge in [0.15, 0.2) is 0 Å². The van der Waals surface area contributed by atoms with Crippen molar-refractivity contribution in [1.29, 1.82) is 0 Å². The molecular formula is C11H21NO2S. The number of carbonyl (C=O) groups excluding carboxylic acids is 1. The maximum absolute atomic E-state index is 11.9. The zero-order valence-corrected chi connectivity index (χ0v) is 10.4. The lowest BCUT2D eigenvalue weighted by Crippen LogP contribution is -2.46. The van der Waals surface area contributed by atoms with Crippen molar-refractivity contribution in [3.8, 4) is 0 Å². The molecule has 3 nitrogen and oxygen atoms in total. The number of aliphatic hydroxyl groups excluding tert-OH is 1. The van der Waals surface area contributed by atoms with Crippen molar-refractivity contribution < 1.29 is 9.90 Å². The summed E-state index contributed by atoms with van der Waals surface area (Å²) in [5, 5.41) is 9.68. The molecule has 1 amide bonds.